The monoisotopic (exact) mass is 732 g/mol. The zero-order valence-corrected chi connectivity index (χ0v) is 33.0. The van der Waals surface area contributed by atoms with Crippen molar-refractivity contribution < 1.29 is 9.47 Å². The SMILES string of the molecule is COc1ccc(N(c2ccc(C=Cc3ccc(C=Cc4ccc(N(c5ccc(OC)cc5)c5ccc(C)cc5C)cc4)cc3)cc2)c2ccc(C)cc2C)cc1. The maximum absolute atomic E-state index is 5.43. The Balaban J connectivity index is 1.04. The van der Waals surface area contributed by atoms with E-state index in [1.807, 2.05) is 24.3 Å². The third-order valence-electron chi connectivity index (χ3n) is 10.0. The number of ether oxygens (including phenoxy) is 2. The number of hydrogen-bond acceptors (Lipinski definition) is 4. The lowest BCUT2D eigenvalue weighted by atomic mass is 10.1. The summed E-state index contributed by atoms with van der Waals surface area (Å²) in [7, 11) is 3.39. The molecule has 0 aliphatic heterocycles. The molecule has 0 aromatic heterocycles. The van der Waals surface area contributed by atoms with Crippen molar-refractivity contribution in [2.24, 2.45) is 0 Å². The number of aryl methyl sites for hydroxylation is 4. The third kappa shape index (κ3) is 8.77. The van der Waals surface area contributed by atoms with Crippen molar-refractivity contribution in [2.45, 2.75) is 27.7 Å². The summed E-state index contributed by atoms with van der Waals surface area (Å²) in [5.74, 6) is 1.68. The Morgan fingerprint density at radius 3 is 0.875 bits per heavy atom. The molecular formula is C52H48N2O2. The zero-order chi connectivity index (χ0) is 39.0. The second-order valence-corrected chi connectivity index (χ2v) is 14.2. The van der Waals surface area contributed by atoms with Gasteiger partial charge in [0.25, 0.3) is 0 Å². The maximum Gasteiger partial charge on any atom is 0.119 e. The van der Waals surface area contributed by atoms with Gasteiger partial charge in [-0.2, -0.15) is 0 Å². The van der Waals surface area contributed by atoms with Gasteiger partial charge in [-0.25, -0.2) is 0 Å². The molecule has 4 heteroatoms. The van der Waals surface area contributed by atoms with Crippen LogP contribution in [0.15, 0.2) is 158 Å². The lowest BCUT2D eigenvalue weighted by molar-refractivity contribution is 0.414. The standard InChI is InChI=1S/C52H48N2O2/c1-37-7-33-51(39(3)35-37)53(47-25-29-49(55-5)30-26-47)45-21-17-43(18-22-45)15-13-41-9-11-42(12-10-41)14-16-44-19-23-46(24-20-44)54(48-27-31-50(56-6)32-28-48)52-34-8-38(2)36-40(52)4/h7-36H,1-6H3. The molecule has 0 aliphatic carbocycles. The van der Waals surface area contributed by atoms with Crippen molar-refractivity contribution in [1.29, 1.82) is 0 Å². The van der Waals surface area contributed by atoms with Crippen LogP contribution in [0.4, 0.5) is 34.1 Å². The fourth-order valence-electron chi connectivity index (χ4n) is 7.00. The van der Waals surface area contributed by atoms with Crippen molar-refractivity contribution in [3.63, 3.8) is 0 Å². The van der Waals surface area contributed by atoms with Crippen LogP contribution in [0.1, 0.15) is 44.5 Å². The predicted octanol–water partition coefficient (Wildman–Crippen LogP) is 14.2. The normalized spacial score (nSPS) is 11.2. The fourth-order valence-corrected chi connectivity index (χ4v) is 7.00. The smallest absolute Gasteiger partial charge is 0.119 e. The van der Waals surface area contributed by atoms with Gasteiger partial charge in [0.2, 0.25) is 0 Å². The Labute approximate surface area is 332 Å². The quantitative estimate of drug-likeness (QED) is 0.117. The summed E-state index contributed by atoms with van der Waals surface area (Å²) in [6, 6.07) is 55.7. The minimum absolute atomic E-state index is 0.840. The summed E-state index contributed by atoms with van der Waals surface area (Å²) in [4.78, 5) is 4.59. The average Bonchev–Trinajstić information content (AvgIpc) is 3.23. The first kappa shape index (κ1) is 37.5. The minimum Gasteiger partial charge on any atom is -0.497 e. The van der Waals surface area contributed by atoms with Crippen LogP contribution in [-0.2, 0) is 0 Å². The van der Waals surface area contributed by atoms with Crippen LogP contribution in [0.2, 0.25) is 0 Å². The van der Waals surface area contributed by atoms with Gasteiger partial charge in [-0.05, 0) is 146 Å². The highest BCUT2D eigenvalue weighted by molar-refractivity contribution is 5.82. The first-order valence-electron chi connectivity index (χ1n) is 19.0. The van der Waals surface area contributed by atoms with Gasteiger partial charge >= 0.3 is 0 Å². The molecule has 0 amide bonds. The summed E-state index contributed by atoms with van der Waals surface area (Å²) in [5, 5.41) is 0. The molecule has 7 rings (SSSR count). The largest absolute Gasteiger partial charge is 0.497 e. The van der Waals surface area contributed by atoms with E-state index in [9.17, 15) is 0 Å². The molecule has 0 heterocycles. The number of rotatable bonds is 12. The van der Waals surface area contributed by atoms with E-state index in [0.717, 1.165) is 67.9 Å². The minimum atomic E-state index is 0.840. The summed E-state index contributed by atoms with van der Waals surface area (Å²) in [6.07, 6.45) is 8.66. The Bertz CT molecular complexity index is 2270. The lowest BCUT2D eigenvalue weighted by Crippen LogP contribution is -2.11. The summed E-state index contributed by atoms with van der Waals surface area (Å²) in [5.41, 5.74) is 16.2. The molecule has 0 saturated heterocycles. The first-order valence-corrected chi connectivity index (χ1v) is 19.0. The van der Waals surface area contributed by atoms with Gasteiger partial charge in [0, 0.05) is 34.1 Å². The average molecular weight is 733 g/mol. The van der Waals surface area contributed by atoms with Crippen LogP contribution in [0.5, 0.6) is 11.5 Å². The molecular weight excluding hydrogens is 685 g/mol. The van der Waals surface area contributed by atoms with Crippen LogP contribution < -0.4 is 19.3 Å². The highest BCUT2D eigenvalue weighted by Gasteiger charge is 2.16. The fraction of sp³-hybridized carbons (Fsp3) is 0.115. The van der Waals surface area contributed by atoms with E-state index in [-0.39, 0.29) is 0 Å². The molecule has 56 heavy (non-hydrogen) atoms. The number of hydrogen-bond donors (Lipinski definition) is 0. The van der Waals surface area contributed by atoms with Crippen molar-refractivity contribution in [3.05, 3.63) is 202 Å². The van der Waals surface area contributed by atoms with Crippen LogP contribution in [0, 0.1) is 27.7 Å². The summed E-state index contributed by atoms with van der Waals surface area (Å²) >= 11 is 0. The van der Waals surface area contributed by atoms with Crippen LogP contribution in [0.3, 0.4) is 0 Å². The number of methoxy groups -OCH3 is 2. The molecule has 0 unspecified atom stereocenters. The number of anilines is 6. The van der Waals surface area contributed by atoms with E-state index in [2.05, 4.69) is 195 Å². The molecule has 0 atom stereocenters. The van der Waals surface area contributed by atoms with E-state index in [0.29, 0.717) is 0 Å². The molecule has 0 bridgehead atoms. The molecule has 0 N–H and O–H groups in total. The molecule has 4 nitrogen and oxygen atoms in total. The molecule has 0 spiro atoms. The second kappa shape index (κ2) is 17.1. The van der Waals surface area contributed by atoms with Gasteiger partial charge < -0.3 is 19.3 Å². The van der Waals surface area contributed by atoms with Gasteiger partial charge in [0.15, 0.2) is 0 Å². The first-order chi connectivity index (χ1) is 27.3. The highest BCUT2D eigenvalue weighted by atomic mass is 16.5. The summed E-state index contributed by atoms with van der Waals surface area (Å²) < 4.78 is 10.9. The van der Waals surface area contributed by atoms with Gasteiger partial charge in [0.1, 0.15) is 11.5 Å². The van der Waals surface area contributed by atoms with Crippen LogP contribution in [-0.4, -0.2) is 14.2 Å². The Morgan fingerprint density at radius 2 is 0.607 bits per heavy atom. The lowest BCUT2D eigenvalue weighted by Gasteiger charge is -2.27. The number of nitrogens with zero attached hydrogens (tertiary/aromatic N) is 2. The van der Waals surface area contributed by atoms with E-state index in [4.69, 9.17) is 9.47 Å². The van der Waals surface area contributed by atoms with E-state index in [1.165, 1.54) is 22.3 Å². The summed E-state index contributed by atoms with van der Waals surface area (Å²) in [6.45, 7) is 8.60. The van der Waals surface area contributed by atoms with Gasteiger partial charge in [0.05, 0.1) is 14.2 Å². The predicted molar refractivity (Wildman–Crippen MR) is 239 cm³/mol. The van der Waals surface area contributed by atoms with E-state index < -0.39 is 0 Å². The molecule has 0 saturated carbocycles. The van der Waals surface area contributed by atoms with Gasteiger partial charge in [-0.3, -0.25) is 0 Å². The Hall–Kier alpha value is -6.78. The number of benzene rings is 7. The molecule has 7 aromatic rings. The third-order valence-corrected chi connectivity index (χ3v) is 10.0. The molecule has 278 valence electrons. The zero-order valence-electron chi connectivity index (χ0n) is 33.0. The molecule has 7 aromatic carbocycles. The molecule has 0 fully saturated rings. The van der Waals surface area contributed by atoms with E-state index >= 15 is 0 Å². The topological polar surface area (TPSA) is 24.9 Å². The van der Waals surface area contributed by atoms with Crippen molar-refractivity contribution >= 4 is 58.4 Å². The van der Waals surface area contributed by atoms with Crippen molar-refractivity contribution in [2.75, 3.05) is 24.0 Å². The Kier molecular flexibility index (Phi) is 11.5. The second-order valence-electron chi connectivity index (χ2n) is 14.2. The van der Waals surface area contributed by atoms with Crippen molar-refractivity contribution in [3.8, 4) is 11.5 Å². The molecule has 0 aliphatic rings. The van der Waals surface area contributed by atoms with Gasteiger partial charge in [-0.1, -0.05) is 108 Å². The van der Waals surface area contributed by atoms with Crippen LogP contribution in [0.25, 0.3) is 24.3 Å². The van der Waals surface area contributed by atoms with Gasteiger partial charge in [-0.15, -0.1) is 0 Å². The maximum atomic E-state index is 5.43. The molecule has 0 radical (unpaired) electrons. The Morgan fingerprint density at radius 1 is 0.339 bits per heavy atom. The van der Waals surface area contributed by atoms with Crippen molar-refractivity contribution in [1.82, 2.24) is 0 Å². The highest BCUT2D eigenvalue weighted by Crippen LogP contribution is 2.39. The van der Waals surface area contributed by atoms with Crippen LogP contribution >= 0.6 is 0 Å². The van der Waals surface area contributed by atoms with E-state index in [1.54, 1.807) is 14.2 Å².